The van der Waals surface area contributed by atoms with Gasteiger partial charge < -0.3 is 16.0 Å². The number of nitrogens with one attached hydrogen (secondary N) is 1. The van der Waals surface area contributed by atoms with Gasteiger partial charge in [-0.05, 0) is 60.4 Å². The van der Waals surface area contributed by atoms with Crippen molar-refractivity contribution >= 4 is 23.5 Å². The Morgan fingerprint density at radius 3 is 2.10 bits per heavy atom. The van der Waals surface area contributed by atoms with Crippen molar-refractivity contribution in [1.82, 2.24) is 10.2 Å². The van der Waals surface area contributed by atoms with Crippen molar-refractivity contribution in [2.24, 2.45) is 11.7 Å². The number of likely N-dealkylation sites (tertiary alicyclic amines) is 1. The molecule has 208 valence electrons. The zero-order chi connectivity index (χ0) is 27.9. The summed E-state index contributed by atoms with van der Waals surface area (Å²) in [4.78, 5) is 42.9. The van der Waals surface area contributed by atoms with E-state index in [0.717, 1.165) is 68.4 Å². The highest BCUT2D eigenvalue weighted by atomic mass is 16.2. The van der Waals surface area contributed by atoms with E-state index >= 15 is 0 Å². The average Bonchev–Trinajstić information content (AvgIpc) is 3.55. The van der Waals surface area contributed by atoms with Gasteiger partial charge in [-0.1, -0.05) is 85.6 Å². The molecule has 0 bridgehead atoms. The van der Waals surface area contributed by atoms with Gasteiger partial charge in [0.05, 0.1) is 6.54 Å². The van der Waals surface area contributed by atoms with Crippen LogP contribution in [0.25, 0.3) is 0 Å². The maximum absolute atomic E-state index is 13.5. The third-order valence-electron chi connectivity index (χ3n) is 8.23. The second-order valence-corrected chi connectivity index (χ2v) is 10.9. The monoisotopic (exact) mass is 538 g/mol. The maximum atomic E-state index is 13.5. The van der Waals surface area contributed by atoms with Crippen LogP contribution >= 0.6 is 0 Å². The van der Waals surface area contributed by atoms with Crippen molar-refractivity contribution in [3.63, 3.8) is 0 Å². The Labute approximate surface area is 236 Å². The number of amides is 4. The van der Waals surface area contributed by atoms with E-state index in [1.165, 1.54) is 0 Å². The molecule has 1 saturated heterocycles. The van der Waals surface area contributed by atoms with Gasteiger partial charge in [-0.15, -0.1) is 0 Å². The van der Waals surface area contributed by atoms with E-state index in [1.807, 2.05) is 58.3 Å². The van der Waals surface area contributed by atoms with Gasteiger partial charge in [-0.3, -0.25) is 14.5 Å². The van der Waals surface area contributed by atoms with Crippen molar-refractivity contribution in [2.75, 3.05) is 18.0 Å². The third-order valence-corrected chi connectivity index (χ3v) is 8.23. The number of nitrogens with zero attached hydrogens (tertiary/aromatic N) is 2. The number of hydrogen-bond donors (Lipinski definition) is 2. The van der Waals surface area contributed by atoms with Gasteiger partial charge in [0, 0.05) is 24.7 Å². The molecule has 40 heavy (non-hydrogen) atoms. The number of urea groups is 1. The summed E-state index contributed by atoms with van der Waals surface area (Å²) >= 11 is 0. The predicted molar refractivity (Wildman–Crippen MR) is 156 cm³/mol. The van der Waals surface area contributed by atoms with Crippen LogP contribution in [0.3, 0.4) is 0 Å². The number of carbonyl (C=O) groups is 3. The zero-order valence-corrected chi connectivity index (χ0v) is 22.9. The second kappa shape index (κ2) is 12.8. The Hall–Kier alpha value is -4.13. The molecule has 0 aromatic heterocycles. The lowest BCUT2D eigenvalue weighted by Gasteiger charge is -2.32. The van der Waals surface area contributed by atoms with E-state index in [4.69, 9.17) is 5.73 Å². The van der Waals surface area contributed by atoms with Crippen molar-refractivity contribution in [1.29, 1.82) is 0 Å². The minimum absolute atomic E-state index is 0.0409. The first kappa shape index (κ1) is 27.4. The van der Waals surface area contributed by atoms with Crippen LogP contribution in [0.1, 0.15) is 67.2 Å². The highest BCUT2D eigenvalue weighted by molar-refractivity contribution is 5.92. The van der Waals surface area contributed by atoms with Crippen LogP contribution in [-0.4, -0.2) is 35.8 Å². The molecule has 3 aromatic rings. The van der Waals surface area contributed by atoms with Crippen LogP contribution in [0.4, 0.5) is 10.5 Å². The summed E-state index contributed by atoms with van der Waals surface area (Å²) in [7, 11) is 0. The predicted octanol–water partition coefficient (Wildman–Crippen LogP) is 5.53. The molecule has 0 radical (unpaired) electrons. The molecular weight excluding hydrogens is 500 g/mol. The number of anilines is 1. The first-order valence-corrected chi connectivity index (χ1v) is 14.4. The number of rotatable bonds is 8. The molecule has 1 heterocycles. The van der Waals surface area contributed by atoms with Gasteiger partial charge >= 0.3 is 6.03 Å². The fraction of sp³-hybridized carbons (Fsp3) is 0.364. The van der Waals surface area contributed by atoms with E-state index in [1.54, 1.807) is 12.1 Å². The largest absolute Gasteiger partial charge is 0.368 e. The Morgan fingerprint density at radius 2 is 1.45 bits per heavy atom. The summed E-state index contributed by atoms with van der Waals surface area (Å²) in [6.07, 6.45) is 5.80. The topological polar surface area (TPSA) is 95.7 Å². The average molecular weight is 539 g/mol. The second-order valence-electron chi connectivity index (χ2n) is 10.9. The lowest BCUT2D eigenvalue weighted by Crippen LogP contribution is -2.42. The summed E-state index contributed by atoms with van der Waals surface area (Å²) in [5, 5.41) is 2.93. The van der Waals surface area contributed by atoms with Crippen LogP contribution in [0.5, 0.6) is 0 Å². The first-order chi connectivity index (χ1) is 19.5. The summed E-state index contributed by atoms with van der Waals surface area (Å²) in [6, 6.07) is 26.5. The maximum Gasteiger partial charge on any atom is 0.324 e. The van der Waals surface area contributed by atoms with Crippen molar-refractivity contribution in [3.05, 3.63) is 102 Å². The number of para-hydroxylation sites is 1. The van der Waals surface area contributed by atoms with E-state index < -0.39 is 11.9 Å². The summed E-state index contributed by atoms with van der Waals surface area (Å²) < 4.78 is 0. The van der Waals surface area contributed by atoms with Gasteiger partial charge in [-0.2, -0.15) is 0 Å². The number of nitrogens with two attached hydrogens (primary N) is 1. The van der Waals surface area contributed by atoms with Gasteiger partial charge in [0.15, 0.2) is 0 Å². The van der Waals surface area contributed by atoms with Crippen LogP contribution < -0.4 is 16.0 Å². The van der Waals surface area contributed by atoms with Gasteiger partial charge in [0.2, 0.25) is 11.8 Å². The Kier molecular flexibility index (Phi) is 8.79. The molecular formula is C33H38N4O3. The summed E-state index contributed by atoms with van der Waals surface area (Å²) in [6.45, 7) is 2.08. The van der Waals surface area contributed by atoms with Gasteiger partial charge in [0.1, 0.15) is 6.04 Å². The molecule has 2 aliphatic rings. The number of benzene rings is 3. The number of carbonyl (C=O) groups excluding carboxylic acids is 3. The van der Waals surface area contributed by atoms with Gasteiger partial charge in [0.25, 0.3) is 0 Å². The summed E-state index contributed by atoms with van der Waals surface area (Å²) in [5.74, 6) is -0.873. The van der Waals surface area contributed by atoms with E-state index in [2.05, 4.69) is 29.6 Å². The smallest absolute Gasteiger partial charge is 0.324 e. The first-order valence-electron chi connectivity index (χ1n) is 14.4. The normalized spacial score (nSPS) is 19.6. The Bertz CT molecular complexity index is 1290. The molecule has 0 unspecified atom stereocenters. The summed E-state index contributed by atoms with van der Waals surface area (Å²) in [5.41, 5.74) is 9.38. The molecule has 7 nitrogen and oxygen atoms in total. The van der Waals surface area contributed by atoms with Crippen LogP contribution in [-0.2, 0) is 16.1 Å². The molecule has 3 aromatic carbocycles. The standard InChI is InChI=1S/C33H38N4O3/c34-31(38)30(26-11-3-1-4-12-26)35-32(39)29-16-8-7-15-28(29)25-19-17-24(18-20-25)23-37(27-13-5-2-6-14-27)33(40)36-21-9-10-22-36/h1-6,11-14,17-20,28-30H,7-10,15-16,21-23H2,(H2,34,38)(H,35,39)/t28-,29+,30-/m0/s1. The molecule has 0 spiro atoms. The molecule has 7 heteroatoms. The Morgan fingerprint density at radius 1 is 0.825 bits per heavy atom. The van der Waals surface area contributed by atoms with Crippen molar-refractivity contribution < 1.29 is 14.4 Å². The fourth-order valence-electron chi connectivity index (χ4n) is 6.07. The molecule has 1 aliphatic heterocycles. The zero-order valence-electron chi connectivity index (χ0n) is 22.9. The molecule has 4 amide bonds. The molecule has 3 atom stereocenters. The van der Waals surface area contributed by atoms with Crippen molar-refractivity contribution in [2.45, 2.75) is 57.0 Å². The number of primary amides is 1. The molecule has 3 N–H and O–H groups in total. The minimum Gasteiger partial charge on any atom is -0.368 e. The van der Waals surface area contributed by atoms with Gasteiger partial charge in [-0.25, -0.2) is 4.79 Å². The number of hydrogen-bond acceptors (Lipinski definition) is 3. The fourth-order valence-corrected chi connectivity index (χ4v) is 6.07. The lowest BCUT2D eigenvalue weighted by molar-refractivity contribution is -0.131. The van der Waals surface area contributed by atoms with E-state index in [0.29, 0.717) is 12.1 Å². The van der Waals surface area contributed by atoms with Crippen molar-refractivity contribution in [3.8, 4) is 0 Å². The van der Waals surface area contributed by atoms with Crippen LogP contribution in [0.2, 0.25) is 0 Å². The third kappa shape index (κ3) is 6.36. The SMILES string of the molecule is NC(=O)[C@@H](NC(=O)[C@@H]1CCCC[C@H]1c1ccc(CN(C(=O)N2CCCC2)c2ccccc2)cc1)c1ccccc1. The quantitative estimate of drug-likeness (QED) is 0.395. The highest BCUT2D eigenvalue weighted by Gasteiger charge is 2.34. The molecule has 1 saturated carbocycles. The highest BCUT2D eigenvalue weighted by Crippen LogP contribution is 2.38. The molecule has 5 rings (SSSR count). The van der Waals surface area contributed by atoms with E-state index in [-0.39, 0.29) is 23.8 Å². The molecule has 2 fully saturated rings. The molecule has 1 aliphatic carbocycles. The minimum atomic E-state index is -0.851. The van der Waals surface area contributed by atoms with E-state index in [9.17, 15) is 14.4 Å². The lowest BCUT2D eigenvalue weighted by atomic mass is 9.74. The van der Waals surface area contributed by atoms with Crippen LogP contribution in [0.15, 0.2) is 84.9 Å². The van der Waals surface area contributed by atoms with Crippen LogP contribution in [0, 0.1) is 5.92 Å². The Balaban J connectivity index is 1.31.